The number of rotatable bonds is 4. The Bertz CT molecular complexity index is 878. The Labute approximate surface area is 148 Å². The van der Waals surface area contributed by atoms with Crippen LogP contribution in [0.3, 0.4) is 0 Å². The number of nitrogens with zero attached hydrogens (tertiary/aromatic N) is 5. The molecule has 0 radical (unpaired) electrons. The zero-order valence-corrected chi connectivity index (χ0v) is 14.9. The highest BCUT2D eigenvalue weighted by atomic mass is 32.2. The Hall–Kier alpha value is -2.32. The van der Waals surface area contributed by atoms with Gasteiger partial charge in [0.1, 0.15) is 5.04 Å². The highest BCUT2D eigenvalue weighted by Gasteiger charge is 2.25. The molecule has 0 amide bonds. The fourth-order valence-corrected chi connectivity index (χ4v) is 4.02. The lowest BCUT2D eigenvalue weighted by Crippen LogP contribution is -2.06. The monoisotopic (exact) mass is 356 g/mol. The lowest BCUT2D eigenvalue weighted by Gasteiger charge is -2.11. The molecule has 3 rings (SSSR count). The number of aromatic nitrogens is 4. The third-order valence-electron chi connectivity index (χ3n) is 3.34. The van der Waals surface area contributed by atoms with Crippen molar-refractivity contribution in [3.63, 3.8) is 0 Å². The largest absolute Gasteiger partial charge is 0.393 e. The minimum atomic E-state index is 0.603. The first-order chi connectivity index (χ1) is 11.6. The molecule has 0 spiro atoms. The zero-order valence-electron chi connectivity index (χ0n) is 13.3. The minimum absolute atomic E-state index is 0.603. The van der Waals surface area contributed by atoms with E-state index in [0.717, 1.165) is 21.8 Å². The number of allylic oxidation sites excluding steroid dienone is 1. The van der Waals surface area contributed by atoms with E-state index in [0.29, 0.717) is 10.2 Å². The van der Waals surface area contributed by atoms with Gasteiger partial charge in [-0.2, -0.15) is 0 Å². The SMILES string of the molecule is C=C/N=C1/SC=C(c2cccc(C)c2)/C1=C(/N)Sc1nnnn1C. The molecule has 1 aliphatic rings. The molecule has 0 saturated heterocycles. The molecule has 1 aliphatic heterocycles. The first-order valence-electron chi connectivity index (χ1n) is 7.13. The van der Waals surface area contributed by atoms with E-state index in [1.165, 1.54) is 35.3 Å². The summed E-state index contributed by atoms with van der Waals surface area (Å²) in [4.78, 5) is 4.36. The Morgan fingerprint density at radius 1 is 1.46 bits per heavy atom. The average molecular weight is 356 g/mol. The van der Waals surface area contributed by atoms with Crippen LogP contribution in [0, 0.1) is 6.92 Å². The van der Waals surface area contributed by atoms with Crippen LogP contribution < -0.4 is 5.73 Å². The van der Waals surface area contributed by atoms with E-state index in [9.17, 15) is 0 Å². The van der Waals surface area contributed by atoms with Crippen molar-refractivity contribution in [2.45, 2.75) is 12.1 Å². The molecule has 0 fully saturated rings. The molecule has 0 saturated carbocycles. The number of aliphatic imine (C=N–C) groups is 1. The molecule has 2 N–H and O–H groups in total. The van der Waals surface area contributed by atoms with Gasteiger partial charge in [0.2, 0.25) is 5.16 Å². The highest BCUT2D eigenvalue weighted by molar-refractivity contribution is 8.17. The molecule has 8 heteroatoms. The maximum atomic E-state index is 6.39. The van der Waals surface area contributed by atoms with Gasteiger partial charge in [-0.25, -0.2) is 9.67 Å². The number of nitrogens with two attached hydrogens (primary N) is 1. The van der Waals surface area contributed by atoms with Gasteiger partial charge in [-0.3, -0.25) is 0 Å². The van der Waals surface area contributed by atoms with Crippen molar-refractivity contribution in [2.24, 2.45) is 17.8 Å². The van der Waals surface area contributed by atoms with Gasteiger partial charge in [-0.1, -0.05) is 48.2 Å². The Balaban J connectivity index is 2.06. The lowest BCUT2D eigenvalue weighted by atomic mass is 9.99. The van der Waals surface area contributed by atoms with Gasteiger partial charge in [0.25, 0.3) is 0 Å². The molecule has 6 nitrogen and oxygen atoms in total. The summed E-state index contributed by atoms with van der Waals surface area (Å²) in [6.45, 7) is 5.76. The van der Waals surface area contributed by atoms with Crippen LogP contribution >= 0.6 is 23.5 Å². The van der Waals surface area contributed by atoms with Crippen LogP contribution in [0.4, 0.5) is 0 Å². The zero-order chi connectivity index (χ0) is 17.1. The van der Waals surface area contributed by atoms with Gasteiger partial charge in [-0.05, 0) is 40.1 Å². The molecule has 1 aromatic carbocycles. The third kappa shape index (κ3) is 3.29. The number of tetrazole rings is 1. The van der Waals surface area contributed by atoms with Crippen LogP contribution in [-0.4, -0.2) is 25.3 Å². The van der Waals surface area contributed by atoms with Gasteiger partial charge < -0.3 is 5.73 Å². The first kappa shape index (κ1) is 16.5. The van der Waals surface area contributed by atoms with Crippen LogP contribution in [0.15, 0.2) is 63.2 Å². The predicted octanol–water partition coefficient (Wildman–Crippen LogP) is 3.11. The van der Waals surface area contributed by atoms with E-state index in [1.54, 1.807) is 11.7 Å². The molecule has 0 aliphatic carbocycles. The van der Waals surface area contributed by atoms with Gasteiger partial charge >= 0.3 is 0 Å². The van der Waals surface area contributed by atoms with E-state index in [2.05, 4.69) is 57.6 Å². The fraction of sp³-hybridized carbons (Fsp3) is 0.125. The Morgan fingerprint density at radius 3 is 2.96 bits per heavy atom. The normalized spacial score (nSPS) is 17.9. The quantitative estimate of drug-likeness (QED) is 0.848. The molecule has 0 atom stereocenters. The minimum Gasteiger partial charge on any atom is -0.393 e. The number of aryl methyl sites for hydroxylation is 2. The van der Waals surface area contributed by atoms with Crippen molar-refractivity contribution in [2.75, 3.05) is 0 Å². The molecule has 2 heterocycles. The summed E-state index contributed by atoms with van der Waals surface area (Å²) < 4.78 is 1.58. The van der Waals surface area contributed by atoms with Crippen molar-refractivity contribution < 1.29 is 0 Å². The molecule has 1 aromatic heterocycles. The second kappa shape index (κ2) is 7.06. The summed E-state index contributed by atoms with van der Waals surface area (Å²) >= 11 is 2.86. The molecule has 24 heavy (non-hydrogen) atoms. The second-order valence-corrected chi connectivity index (χ2v) is 6.93. The van der Waals surface area contributed by atoms with Crippen molar-refractivity contribution >= 4 is 34.1 Å². The second-order valence-electron chi connectivity index (χ2n) is 5.06. The smallest absolute Gasteiger partial charge is 0.215 e. The summed E-state index contributed by atoms with van der Waals surface area (Å²) in [7, 11) is 1.78. The van der Waals surface area contributed by atoms with E-state index in [-0.39, 0.29) is 0 Å². The van der Waals surface area contributed by atoms with Crippen molar-refractivity contribution in [3.8, 4) is 0 Å². The average Bonchev–Trinajstić information content (AvgIpc) is 3.15. The van der Waals surface area contributed by atoms with Crippen LogP contribution in [0.1, 0.15) is 11.1 Å². The molecule has 122 valence electrons. The molecular formula is C16H16N6S2. The van der Waals surface area contributed by atoms with Crippen molar-refractivity contribution in [3.05, 3.63) is 64.2 Å². The third-order valence-corrected chi connectivity index (χ3v) is 5.18. The summed E-state index contributed by atoms with van der Waals surface area (Å²) in [5, 5.41) is 15.6. The van der Waals surface area contributed by atoms with Gasteiger partial charge in [-0.15, -0.1) is 5.10 Å². The molecule has 0 bridgehead atoms. The fourth-order valence-electron chi connectivity index (χ4n) is 2.25. The predicted molar refractivity (Wildman–Crippen MR) is 100 cm³/mol. The maximum Gasteiger partial charge on any atom is 0.215 e. The van der Waals surface area contributed by atoms with Crippen LogP contribution in [0.25, 0.3) is 5.57 Å². The topological polar surface area (TPSA) is 82.0 Å². The van der Waals surface area contributed by atoms with Crippen LogP contribution in [0.5, 0.6) is 0 Å². The van der Waals surface area contributed by atoms with E-state index < -0.39 is 0 Å². The summed E-state index contributed by atoms with van der Waals surface area (Å²) in [6, 6.07) is 8.30. The van der Waals surface area contributed by atoms with Crippen molar-refractivity contribution in [1.82, 2.24) is 20.2 Å². The van der Waals surface area contributed by atoms with Gasteiger partial charge in [0.05, 0.1) is 5.03 Å². The maximum absolute atomic E-state index is 6.39. The Kier molecular flexibility index (Phi) is 4.86. The molecular weight excluding hydrogens is 340 g/mol. The van der Waals surface area contributed by atoms with E-state index in [4.69, 9.17) is 5.73 Å². The first-order valence-corrected chi connectivity index (χ1v) is 8.83. The number of hydrogen-bond donors (Lipinski definition) is 1. The van der Waals surface area contributed by atoms with Gasteiger partial charge in [0.15, 0.2) is 0 Å². The lowest BCUT2D eigenvalue weighted by molar-refractivity contribution is 0.665. The van der Waals surface area contributed by atoms with Gasteiger partial charge in [0, 0.05) is 24.4 Å². The van der Waals surface area contributed by atoms with E-state index in [1.807, 2.05) is 6.07 Å². The molecule has 2 aromatic rings. The number of hydrogen-bond acceptors (Lipinski definition) is 7. The van der Waals surface area contributed by atoms with Crippen molar-refractivity contribution in [1.29, 1.82) is 0 Å². The van der Waals surface area contributed by atoms with E-state index >= 15 is 0 Å². The van der Waals surface area contributed by atoms with Crippen LogP contribution in [0.2, 0.25) is 0 Å². The standard InChI is InChI=1S/C16H16N6S2/c1-4-18-15-13(14(17)24-16-19-20-21-22(16)3)12(9-23-15)11-7-5-6-10(2)8-11/h4-9H,1,17H2,2-3H3/b14-13+,18-15+. The Morgan fingerprint density at radius 2 is 2.29 bits per heavy atom. The summed E-state index contributed by atoms with van der Waals surface area (Å²) in [6.07, 6.45) is 1.52. The summed E-state index contributed by atoms with van der Waals surface area (Å²) in [5.41, 5.74) is 10.6. The number of benzene rings is 1. The number of thioether (sulfide) groups is 2. The molecule has 0 unspecified atom stereocenters. The van der Waals surface area contributed by atoms with Crippen LogP contribution in [-0.2, 0) is 7.05 Å². The highest BCUT2D eigenvalue weighted by Crippen LogP contribution is 2.41. The summed E-state index contributed by atoms with van der Waals surface area (Å²) in [5.74, 6) is 0.